The summed E-state index contributed by atoms with van der Waals surface area (Å²) in [6.45, 7) is 1.78. The van der Waals surface area contributed by atoms with E-state index in [1.807, 2.05) is 12.1 Å². The minimum absolute atomic E-state index is 0.427. The van der Waals surface area contributed by atoms with Crippen molar-refractivity contribution in [3.8, 4) is 0 Å². The van der Waals surface area contributed by atoms with E-state index in [0.717, 1.165) is 17.5 Å². The van der Waals surface area contributed by atoms with Crippen LogP contribution in [0.25, 0.3) is 0 Å². The van der Waals surface area contributed by atoms with Crippen molar-refractivity contribution in [2.75, 3.05) is 0 Å². The molecular formula is C12H11N3O. The summed E-state index contributed by atoms with van der Waals surface area (Å²) in [6, 6.07) is 5.57. The SMILES string of the molecule is Cc1nc(C=O)cc(Cc2ccncc2)n1. The van der Waals surface area contributed by atoms with Crippen molar-refractivity contribution in [2.24, 2.45) is 0 Å². The molecule has 4 heteroatoms. The van der Waals surface area contributed by atoms with Crippen molar-refractivity contribution in [1.82, 2.24) is 15.0 Å². The van der Waals surface area contributed by atoms with Crippen molar-refractivity contribution in [3.05, 3.63) is 53.4 Å². The number of hydrogen-bond acceptors (Lipinski definition) is 4. The normalized spacial score (nSPS) is 10.1. The molecule has 0 fully saturated rings. The third kappa shape index (κ3) is 2.48. The van der Waals surface area contributed by atoms with Crippen LogP contribution in [0.15, 0.2) is 30.6 Å². The largest absolute Gasteiger partial charge is 0.296 e. The van der Waals surface area contributed by atoms with Gasteiger partial charge in [0.15, 0.2) is 6.29 Å². The fourth-order valence-corrected chi connectivity index (χ4v) is 1.52. The van der Waals surface area contributed by atoms with Crippen LogP contribution in [0.3, 0.4) is 0 Å². The van der Waals surface area contributed by atoms with E-state index >= 15 is 0 Å². The molecule has 0 saturated heterocycles. The van der Waals surface area contributed by atoms with Gasteiger partial charge in [0, 0.05) is 24.5 Å². The molecule has 80 valence electrons. The van der Waals surface area contributed by atoms with Gasteiger partial charge in [0.1, 0.15) is 11.5 Å². The Morgan fingerprint density at radius 3 is 2.69 bits per heavy atom. The molecule has 0 amide bonds. The number of rotatable bonds is 3. The fraction of sp³-hybridized carbons (Fsp3) is 0.167. The van der Waals surface area contributed by atoms with Crippen molar-refractivity contribution in [2.45, 2.75) is 13.3 Å². The first-order chi connectivity index (χ1) is 7.78. The van der Waals surface area contributed by atoms with Crippen LogP contribution < -0.4 is 0 Å². The van der Waals surface area contributed by atoms with E-state index in [-0.39, 0.29) is 0 Å². The molecule has 2 rings (SSSR count). The van der Waals surface area contributed by atoms with Crippen molar-refractivity contribution in [1.29, 1.82) is 0 Å². The Balaban J connectivity index is 2.28. The average Bonchev–Trinajstić information content (AvgIpc) is 2.29. The molecule has 0 aliphatic heterocycles. The summed E-state index contributed by atoms with van der Waals surface area (Å²) in [5.74, 6) is 0.619. The molecular weight excluding hydrogens is 202 g/mol. The lowest BCUT2D eigenvalue weighted by atomic mass is 10.1. The summed E-state index contributed by atoms with van der Waals surface area (Å²) in [7, 11) is 0. The number of aromatic nitrogens is 3. The molecule has 0 saturated carbocycles. The number of nitrogens with zero attached hydrogens (tertiary/aromatic N) is 3. The second kappa shape index (κ2) is 4.61. The van der Waals surface area contributed by atoms with E-state index in [2.05, 4.69) is 15.0 Å². The Hall–Kier alpha value is -2.10. The van der Waals surface area contributed by atoms with Crippen LogP contribution in [0.5, 0.6) is 0 Å². The Kier molecular flexibility index (Phi) is 3.00. The molecule has 4 nitrogen and oxygen atoms in total. The summed E-state index contributed by atoms with van der Waals surface area (Å²) in [6.07, 6.45) is 4.91. The molecule has 0 aliphatic rings. The quantitative estimate of drug-likeness (QED) is 0.726. The minimum atomic E-state index is 0.427. The van der Waals surface area contributed by atoms with E-state index in [1.165, 1.54) is 0 Å². The molecule has 16 heavy (non-hydrogen) atoms. The lowest BCUT2D eigenvalue weighted by Crippen LogP contribution is -2.00. The summed E-state index contributed by atoms with van der Waals surface area (Å²) in [5, 5.41) is 0. The number of aldehydes is 1. The zero-order valence-electron chi connectivity index (χ0n) is 8.92. The number of aryl methyl sites for hydroxylation is 1. The van der Waals surface area contributed by atoms with Gasteiger partial charge in [0.2, 0.25) is 0 Å². The highest BCUT2D eigenvalue weighted by molar-refractivity contribution is 5.71. The molecule has 0 unspecified atom stereocenters. The predicted molar refractivity (Wildman–Crippen MR) is 59.2 cm³/mol. The molecule has 0 N–H and O–H groups in total. The van der Waals surface area contributed by atoms with Gasteiger partial charge in [0.25, 0.3) is 0 Å². The summed E-state index contributed by atoms with van der Waals surface area (Å²) in [4.78, 5) is 22.9. The molecule has 2 aromatic rings. The van der Waals surface area contributed by atoms with E-state index < -0.39 is 0 Å². The first-order valence-corrected chi connectivity index (χ1v) is 4.96. The standard InChI is InChI=1S/C12H11N3O/c1-9-14-11(7-12(8-16)15-9)6-10-2-4-13-5-3-10/h2-5,7-8H,6H2,1H3. The Morgan fingerprint density at radius 1 is 1.25 bits per heavy atom. The van der Waals surface area contributed by atoms with Gasteiger partial charge in [-0.1, -0.05) is 0 Å². The van der Waals surface area contributed by atoms with Gasteiger partial charge in [-0.2, -0.15) is 0 Å². The van der Waals surface area contributed by atoms with Crippen LogP contribution in [0.1, 0.15) is 27.6 Å². The molecule has 2 aromatic heterocycles. The Morgan fingerprint density at radius 2 is 2.00 bits per heavy atom. The second-order valence-corrected chi connectivity index (χ2v) is 3.48. The van der Waals surface area contributed by atoms with Gasteiger partial charge in [-0.3, -0.25) is 9.78 Å². The number of carbonyl (C=O) groups excluding carboxylic acids is 1. The highest BCUT2D eigenvalue weighted by Crippen LogP contribution is 2.07. The van der Waals surface area contributed by atoms with Crippen molar-refractivity contribution < 1.29 is 4.79 Å². The maximum absolute atomic E-state index is 10.7. The monoisotopic (exact) mass is 213 g/mol. The summed E-state index contributed by atoms with van der Waals surface area (Å²) < 4.78 is 0. The molecule has 0 spiro atoms. The molecule has 0 aromatic carbocycles. The van der Waals surface area contributed by atoms with E-state index in [4.69, 9.17) is 0 Å². The average molecular weight is 213 g/mol. The zero-order valence-corrected chi connectivity index (χ0v) is 8.92. The molecule has 2 heterocycles. The number of carbonyl (C=O) groups is 1. The molecule has 0 bridgehead atoms. The lowest BCUT2D eigenvalue weighted by Gasteiger charge is -2.02. The second-order valence-electron chi connectivity index (χ2n) is 3.48. The maximum atomic E-state index is 10.7. The van der Waals surface area contributed by atoms with Gasteiger partial charge in [-0.15, -0.1) is 0 Å². The molecule has 0 atom stereocenters. The van der Waals surface area contributed by atoms with Crippen LogP contribution in [-0.2, 0) is 6.42 Å². The summed E-state index contributed by atoms with van der Waals surface area (Å²) >= 11 is 0. The topological polar surface area (TPSA) is 55.7 Å². The van der Waals surface area contributed by atoms with Gasteiger partial charge < -0.3 is 0 Å². The van der Waals surface area contributed by atoms with Gasteiger partial charge in [-0.05, 0) is 30.7 Å². The minimum Gasteiger partial charge on any atom is -0.296 e. The third-order valence-corrected chi connectivity index (χ3v) is 2.17. The molecule has 0 aliphatic carbocycles. The van der Waals surface area contributed by atoms with Gasteiger partial charge in [0.05, 0.1) is 0 Å². The Labute approximate surface area is 93.4 Å². The highest BCUT2D eigenvalue weighted by atomic mass is 16.1. The smallest absolute Gasteiger partial charge is 0.168 e. The maximum Gasteiger partial charge on any atom is 0.168 e. The van der Waals surface area contributed by atoms with Crippen molar-refractivity contribution in [3.63, 3.8) is 0 Å². The van der Waals surface area contributed by atoms with Crippen LogP contribution >= 0.6 is 0 Å². The van der Waals surface area contributed by atoms with Crippen LogP contribution in [0.2, 0.25) is 0 Å². The van der Waals surface area contributed by atoms with E-state index in [9.17, 15) is 4.79 Å². The van der Waals surface area contributed by atoms with Crippen LogP contribution in [-0.4, -0.2) is 21.2 Å². The fourth-order valence-electron chi connectivity index (χ4n) is 1.52. The molecule has 0 radical (unpaired) electrons. The van der Waals surface area contributed by atoms with Crippen molar-refractivity contribution >= 4 is 6.29 Å². The zero-order chi connectivity index (χ0) is 11.4. The first-order valence-electron chi connectivity index (χ1n) is 4.96. The predicted octanol–water partition coefficient (Wildman–Crippen LogP) is 1.58. The third-order valence-electron chi connectivity index (χ3n) is 2.17. The Bertz CT molecular complexity index is 497. The van der Waals surface area contributed by atoms with E-state index in [1.54, 1.807) is 25.4 Å². The van der Waals surface area contributed by atoms with Crippen LogP contribution in [0.4, 0.5) is 0 Å². The number of pyridine rings is 1. The van der Waals surface area contributed by atoms with Crippen LogP contribution in [0, 0.1) is 6.92 Å². The summed E-state index contributed by atoms with van der Waals surface area (Å²) in [5.41, 5.74) is 2.39. The van der Waals surface area contributed by atoms with E-state index in [0.29, 0.717) is 17.9 Å². The number of hydrogen-bond donors (Lipinski definition) is 0. The first kappa shape index (κ1) is 10.4. The van der Waals surface area contributed by atoms with Gasteiger partial charge >= 0.3 is 0 Å². The highest BCUT2D eigenvalue weighted by Gasteiger charge is 2.02. The van der Waals surface area contributed by atoms with Gasteiger partial charge in [-0.25, -0.2) is 9.97 Å². The lowest BCUT2D eigenvalue weighted by molar-refractivity contribution is 0.111.